The van der Waals surface area contributed by atoms with Crippen molar-refractivity contribution in [2.75, 3.05) is 20.3 Å². The number of ether oxygens (including phenoxy) is 2. The van der Waals surface area contributed by atoms with Crippen LogP contribution in [0.1, 0.15) is 36.2 Å². The summed E-state index contributed by atoms with van der Waals surface area (Å²) in [6.45, 7) is 1.23. The van der Waals surface area contributed by atoms with Crippen LogP contribution in [0, 0.1) is 0 Å². The number of rotatable bonds is 7. The zero-order valence-corrected chi connectivity index (χ0v) is 16.5. The first kappa shape index (κ1) is 19.0. The summed E-state index contributed by atoms with van der Waals surface area (Å²) in [6, 6.07) is 2.04. The quantitative estimate of drug-likeness (QED) is 0.612. The molecule has 0 spiro atoms. The summed E-state index contributed by atoms with van der Waals surface area (Å²) >= 11 is 1.48. The number of methoxy groups -OCH3 is 1. The lowest BCUT2D eigenvalue weighted by Gasteiger charge is -2.29. The predicted molar refractivity (Wildman–Crippen MR) is 106 cm³/mol. The van der Waals surface area contributed by atoms with E-state index >= 15 is 0 Å². The zero-order chi connectivity index (χ0) is 19.3. The van der Waals surface area contributed by atoms with Gasteiger partial charge in [-0.2, -0.15) is 0 Å². The van der Waals surface area contributed by atoms with Gasteiger partial charge in [0.15, 0.2) is 5.69 Å². The fourth-order valence-electron chi connectivity index (χ4n) is 3.42. The molecule has 28 heavy (non-hydrogen) atoms. The van der Waals surface area contributed by atoms with Crippen molar-refractivity contribution in [3.63, 3.8) is 0 Å². The van der Waals surface area contributed by atoms with Gasteiger partial charge in [-0.3, -0.25) is 9.36 Å². The molecule has 0 unspecified atom stereocenters. The van der Waals surface area contributed by atoms with Crippen LogP contribution in [-0.2, 0) is 9.47 Å². The molecule has 148 valence electrons. The van der Waals surface area contributed by atoms with Gasteiger partial charge in [-0.25, -0.2) is 15.0 Å². The molecule has 4 rings (SSSR count). The van der Waals surface area contributed by atoms with Gasteiger partial charge in [-0.15, -0.1) is 11.3 Å². The van der Waals surface area contributed by atoms with Gasteiger partial charge in [-0.1, -0.05) is 0 Å². The van der Waals surface area contributed by atoms with Gasteiger partial charge in [0.05, 0.1) is 29.5 Å². The third-order valence-corrected chi connectivity index (χ3v) is 5.80. The van der Waals surface area contributed by atoms with Crippen LogP contribution in [0.2, 0.25) is 0 Å². The normalized spacial score (nSPS) is 19.8. The number of amides is 1. The number of thiophene rings is 1. The maximum Gasteiger partial charge on any atom is 0.271 e. The van der Waals surface area contributed by atoms with Crippen LogP contribution in [0.3, 0.4) is 0 Å². The molecule has 1 N–H and O–H groups in total. The van der Waals surface area contributed by atoms with Crippen molar-refractivity contribution >= 4 is 27.5 Å². The fraction of sp³-hybridized carbons (Fsp3) is 0.474. The maximum atomic E-state index is 13.0. The lowest BCUT2D eigenvalue weighted by Crippen LogP contribution is -2.39. The Kier molecular flexibility index (Phi) is 5.94. The molecule has 3 heterocycles. The van der Waals surface area contributed by atoms with Crippen LogP contribution in [0.15, 0.2) is 30.2 Å². The molecule has 1 aliphatic rings. The Labute approximate surface area is 166 Å². The average molecular weight is 401 g/mol. The lowest BCUT2D eigenvalue weighted by molar-refractivity contribution is -0.00408. The number of hydrogen-bond donors (Lipinski definition) is 1. The Morgan fingerprint density at radius 3 is 2.89 bits per heavy atom. The minimum atomic E-state index is -0.153. The van der Waals surface area contributed by atoms with E-state index < -0.39 is 0 Å². The molecule has 9 heteroatoms. The Balaban J connectivity index is 1.44. The molecule has 1 saturated carbocycles. The van der Waals surface area contributed by atoms with Gasteiger partial charge < -0.3 is 14.8 Å². The van der Waals surface area contributed by atoms with E-state index in [1.807, 2.05) is 11.4 Å². The Morgan fingerprint density at radius 2 is 2.14 bits per heavy atom. The van der Waals surface area contributed by atoms with Crippen molar-refractivity contribution in [1.29, 1.82) is 0 Å². The van der Waals surface area contributed by atoms with Crippen LogP contribution < -0.4 is 5.32 Å². The highest BCUT2D eigenvalue weighted by atomic mass is 32.1. The van der Waals surface area contributed by atoms with Crippen molar-refractivity contribution in [2.45, 2.75) is 37.8 Å². The number of nitrogens with zero attached hydrogens (tertiary/aromatic N) is 4. The summed E-state index contributed by atoms with van der Waals surface area (Å²) in [5, 5.41) is 5.08. The van der Waals surface area contributed by atoms with Gasteiger partial charge in [0.2, 0.25) is 5.95 Å². The molecule has 1 fully saturated rings. The first-order valence-corrected chi connectivity index (χ1v) is 10.3. The fourth-order valence-corrected chi connectivity index (χ4v) is 4.24. The number of hydrogen-bond acceptors (Lipinski definition) is 7. The largest absolute Gasteiger partial charge is 0.382 e. The van der Waals surface area contributed by atoms with Crippen LogP contribution in [0.5, 0.6) is 0 Å². The lowest BCUT2D eigenvalue weighted by atomic mass is 9.93. The summed E-state index contributed by atoms with van der Waals surface area (Å²) in [5.74, 6) is 0.295. The Hall–Kier alpha value is -2.36. The topological polar surface area (TPSA) is 91.2 Å². The average Bonchev–Trinajstić information content (AvgIpc) is 3.40. The van der Waals surface area contributed by atoms with Crippen LogP contribution in [0.4, 0.5) is 0 Å². The number of aromatic nitrogens is 4. The minimum Gasteiger partial charge on any atom is -0.382 e. The van der Waals surface area contributed by atoms with Gasteiger partial charge >= 0.3 is 0 Å². The third kappa shape index (κ3) is 4.21. The molecule has 0 radical (unpaired) electrons. The van der Waals surface area contributed by atoms with Crippen LogP contribution in [0.25, 0.3) is 16.2 Å². The molecule has 1 aliphatic carbocycles. The van der Waals surface area contributed by atoms with Gasteiger partial charge in [0.1, 0.15) is 6.33 Å². The van der Waals surface area contributed by atoms with Gasteiger partial charge in [0, 0.05) is 25.5 Å². The van der Waals surface area contributed by atoms with E-state index in [1.54, 1.807) is 30.4 Å². The highest BCUT2D eigenvalue weighted by Gasteiger charge is 2.25. The SMILES string of the molecule is COCCO[C@H]1CC[C@H](NC(=O)c2nc(-n3ccnc3)nc3ccsc23)CC1. The molecular weight excluding hydrogens is 378 g/mol. The molecule has 0 saturated heterocycles. The van der Waals surface area contributed by atoms with E-state index in [4.69, 9.17) is 9.47 Å². The van der Waals surface area contributed by atoms with E-state index in [0.717, 1.165) is 35.9 Å². The van der Waals surface area contributed by atoms with E-state index in [2.05, 4.69) is 20.3 Å². The van der Waals surface area contributed by atoms with Gasteiger partial charge in [0.25, 0.3) is 5.91 Å². The summed E-state index contributed by atoms with van der Waals surface area (Å²) in [4.78, 5) is 26.1. The highest BCUT2D eigenvalue weighted by molar-refractivity contribution is 7.17. The maximum absolute atomic E-state index is 13.0. The minimum absolute atomic E-state index is 0.136. The van der Waals surface area contributed by atoms with Crippen molar-refractivity contribution in [3.05, 3.63) is 35.9 Å². The second-order valence-corrected chi connectivity index (χ2v) is 7.70. The van der Waals surface area contributed by atoms with Crippen molar-refractivity contribution in [2.24, 2.45) is 0 Å². The molecule has 1 amide bonds. The smallest absolute Gasteiger partial charge is 0.271 e. The summed E-state index contributed by atoms with van der Waals surface area (Å²) in [6.07, 6.45) is 8.97. The Morgan fingerprint density at radius 1 is 1.29 bits per heavy atom. The second-order valence-electron chi connectivity index (χ2n) is 6.79. The molecule has 8 nitrogen and oxygen atoms in total. The molecular formula is C19H23N5O3S. The number of carbonyl (C=O) groups is 1. The first-order chi connectivity index (χ1) is 13.7. The van der Waals surface area contributed by atoms with Crippen LogP contribution >= 0.6 is 11.3 Å². The Bertz CT molecular complexity index is 919. The predicted octanol–water partition coefficient (Wildman–Crippen LogP) is 2.58. The first-order valence-electron chi connectivity index (χ1n) is 9.39. The standard InChI is InChI=1S/C19H23N5O3S/c1-26-9-10-27-14-4-2-13(3-5-14)21-18(25)16-17-15(6-11-28-17)22-19(23-16)24-8-7-20-12-24/h6-8,11-14H,2-5,9-10H2,1H3,(H,21,25)/t13-,14-. The monoisotopic (exact) mass is 401 g/mol. The van der Waals surface area contributed by atoms with Crippen molar-refractivity contribution < 1.29 is 14.3 Å². The number of fused-ring (bicyclic) bond motifs is 1. The van der Waals surface area contributed by atoms with E-state index in [1.165, 1.54) is 11.3 Å². The van der Waals surface area contributed by atoms with Gasteiger partial charge in [-0.05, 0) is 37.1 Å². The number of nitrogens with one attached hydrogen (secondary N) is 1. The summed E-state index contributed by atoms with van der Waals surface area (Å²) in [5.41, 5.74) is 1.19. The molecule has 0 aromatic carbocycles. The zero-order valence-electron chi connectivity index (χ0n) is 15.7. The molecule has 0 bridgehead atoms. The van der Waals surface area contributed by atoms with E-state index in [-0.39, 0.29) is 18.1 Å². The van der Waals surface area contributed by atoms with E-state index in [9.17, 15) is 4.79 Å². The van der Waals surface area contributed by atoms with Crippen molar-refractivity contribution in [1.82, 2.24) is 24.8 Å². The summed E-state index contributed by atoms with van der Waals surface area (Å²) < 4.78 is 13.3. The molecule has 0 atom stereocenters. The number of imidazole rings is 1. The van der Waals surface area contributed by atoms with Crippen molar-refractivity contribution in [3.8, 4) is 5.95 Å². The molecule has 3 aromatic heterocycles. The molecule has 0 aliphatic heterocycles. The number of carbonyl (C=O) groups excluding carboxylic acids is 1. The van der Waals surface area contributed by atoms with Crippen LogP contribution in [-0.4, -0.2) is 57.9 Å². The second kappa shape index (κ2) is 8.76. The highest BCUT2D eigenvalue weighted by Crippen LogP contribution is 2.25. The van der Waals surface area contributed by atoms with E-state index in [0.29, 0.717) is 24.9 Å². The summed E-state index contributed by atoms with van der Waals surface area (Å²) in [7, 11) is 1.67. The third-order valence-electron chi connectivity index (χ3n) is 4.89. The molecule has 3 aromatic rings.